The number of carbonyl (C=O) groups excluding carboxylic acids is 3. The molecule has 8 heteroatoms. The fourth-order valence-corrected chi connectivity index (χ4v) is 3.05. The van der Waals surface area contributed by atoms with Crippen molar-refractivity contribution in [3.05, 3.63) is 47.5 Å². The monoisotopic (exact) mass is 387 g/mol. The molecule has 2 amide bonds. The van der Waals surface area contributed by atoms with Crippen LogP contribution in [0.4, 0.5) is 10.8 Å². The van der Waals surface area contributed by atoms with Gasteiger partial charge in [0.05, 0.1) is 11.4 Å². The van der Waals surface area contributed by atoms with Gasteiger partial charge in [-0.15, -0.1) is 11.3 Å². The fourth-order valence-electron chi connectivity index (χ4n) is 2.20. The molecular weight excluding hydrogens is 366 g/mol. The Morgan fingerprint density at radius 1 is 1.30 bits per heavy atom. The van der Waals surface area contributed by atoms with Crippen molar-refractivity contribution >= 4 is 46.0 Å². The van der Waals surface area contributed by atoms with Gasteiger partial charge in [-0.3, -0.25) is 14.5 Å². The lowest BCUT2D eigenvalue weighted by Gasteiger charge is -2.17. The predicted molar refractivity (Wildman–Crippen MR) is 105 cm³/mol. The van der Waals surface area contributed by atoms with E-state index in [1.54, 1.807) is 12.3 Å². The molecule has 7 nitrogen and oxygen atoms in total. The molecule has 1 aromatic heterocycles. The molecular formula is C19H21N3O4S. The quantitative estimate of drug-likeness (QED) is 0.583. The number of carbonyl (C=O) groups is 3. The van der Waals surface area contributed by atoms with E-state index in [1.165, 1.54) is 42.2 Å². The minimum atomic E-state index is -0.876. The first-order valence-corrected chi connectivity index (χ1v) is 9.28. The van der Waals surface area contributed by atoms with E-state index in [-0.39, 0.29) is 11.8 Å². The van der Waals surface area contributed by atoms with E-state index >= 15 is 0 Å². The Bertz CT molecular complexity index is 832. The Morgan fingerprint density at radius 3 is 2.63 bits per heavy atom. The first kappa shape index (κ1) is 20.3. The molecule has 0 aliphatic rings. The van der Waals surface area contributed by atoms with Crippen molar-refractivity contribution in [2.24, 2.45) is 0 Å². The van der Waals surface area contributed by atoms with Gasteiger partial charge in [-0.2, -0.15) is 0 Å². The van der Waals surface area contributed by atoms with Crippen LogP contribution in [-0.2, 0) is 19.1 Å². The first-order valence-electron chi connectivity index (χ1n) is 8.40. The van der Waals surface area contributed by atoms with Crippen LogP contribution in [0.3, 0.4) is 0 Å². The molecule has 0 aliphatic heterocycles. The number of nitrogens with one attached hydrogen (secondary N) is 1. The molecule has 142 valence electrons. The number of benzene rings is 1. The molecule has 1 N–H and O–H groups in total. The summed E-state index contributed by atoms with van der Waals surface area (Å²) in [4.78, 5) is 41.3. The number of nitrogens with zero attached hydrogens (tertiary/aromatic N) is 2. The van der Waals surface area contributed by atoms with Gasteiger partial charge in [0.25, 0.3) is 5.91 Å². The Morgan fingerprint density at radius 2 is 2.00 bits per heavy atom. The summed E-state index contributed by atoms with van der Waals surface area (Å²) in [5.41, 5.74) is 1.23. The van der Waals surface area contributed by atoms with Crippen molar-refractivity contribution < 1.29 is 19.1 Å². The third kappa shape index (κ3) is 5.75. The minimum Gasteiger partial charge on any atom is -0.449 e. The lowest BCUT2D eigenvalue weighted by atomic mass is 10.3. The highest BCUT2D eigenvalue weighted by molar-refractivity contribution is 7.14. The molecule has 1 heterocycles. The third-order valence-corrected chi connectivity index (χ3v) is 4.28. The number of ether oxygens (including phenoxy) is 1. The third-order valence-electron chi connectivity index (χ3n) is 3.43. The Kier molecular flexibility index (Phi) is 7.25. The van der Waals surface area contributed by atoms with Gasteiger partial charge in [0, 0.05) is 24.9 Å². The number of rotatable bonds is 7. The van der Waals surface area contributed by atoms with Crippen LogP contribution in [0.1, 0.15) is 26.5 Å². The van der Waals surface area contributed by atoms with Crippen molar-refractivity contribution in [3.63, 3.8) is 0 Å². The average Bonchev–Trinajstić information content (AvgIpc) is 3.09. The lowest BCUT2D eigenvalue weighted by Crippen LogP contribution is -2.35. The van der Waals surface area contributed by atoms with Crippen LogP contribution in [0.2, 0.25) is 0 Å². The zero-order chi connectivity index (χ0) is 19.8. The number of hydrogen-bond donors (Lipinski definition) is 1. The summed E-state index contributed by atoms with van der Waals surface area (Å²) in [6.07, 6.45) is 1.81. The number of para-hydroxylation sites is 1. The van der Waals surface area contributed by atoms with Gasteiger partial charge >= 0.3 is 5.97 Å². The van der Waals surface area contributed by atoms with Gasteiger partial charge in [-0.05, 0) is 32.1 Å². The Labute approximate surface area is 161 Å². The van der Waals surface area contributed by atoms with Gasteiger partial charge < -0.3 is 10.1 Å². The lowest BCUT2D eigenvalue weighted by molar-refractivity contribution is -0.150. The molecule has 0 saturated heterocycles. The van der Waals surface area contributed by atoms with Crippen LogP contribution in [0, 0.1) is 0 Å². The van der Waals surface area contributed by atoms with Crippen molar-refractivity contribution in [1.29, 1.82) is 0 Å². The zero-order valence-corrected chi connectivity index (χ0v) is 16.2. The normalized spacial score (nSPS) is 11.8. The zero-order valence-electron chi connectivity index (χ0n) is 15.3. The standard InChI is InChI=1S/C19H21N3O4S/c1-4-20-18(25)13(2)26-17(24)11-10-15-12-27-19(21-15)22(14(3)23)16-8-6-5-7-9-16/h5-13H,4H2,1-3H3,(H,20,25)/b11-10+/t13-/m0/s1. The molecule has 0 spiro atoms. The number of hydrogen-bond acceptors (Lipinski definition) is 6. The minimum absolute atomic E-state index is 0.166. The number of aromatic nitrogens is 1. The number of thiazole rings is 1. The van der Waals surface area contributed by atoms with Crippen LogP contribution in [0.25, 0.3) is 6.08 Å². The van der Waals surface area contributed by atoms with E-state index in [1.807, 2.05) is 30.3 Å². The van der Waals surface area contributed by atoms with E-state index in [9.17, 15) is 14.4 Å². The number of anilines is 2. The second-order valence-corrected chi connectivity index (χ2v) is 6.39. The molecule has 0 fully saturated rings. The molecule has 0 saturated carbocycles. The summed E-state index contributed by atoms with van der Waals surface area (Å²) < 4.78 is 5.02. The predicted octanol–water partition coefficient (Wildman–Crippen LogP) is 2.91. The molecule has 27 heavy (non-hydrogen) atoms. The van der Waals surface area contributed by atoms with E-state index in [0.29, 0.717) is 23.1 Å². The van der Waals surface area contributed by atoms with Crippen LogP contribution >= 0.6 is 11.3 Å². The Hall–Kier alpha value is -3.00. The summed E-state index contributed by atoms with van der Waals surface area (Å²) >= 11 is 1.28. The van der Waals surface area contributed by atoms with E-state index in [4.69, 9.17) is 4.74 Å². The SMILES string of the molecule is CCNC(=O)[C@H](C)OC(=O)/C=C/c1csc(N(C(C)=O)c2ccccc2)n1. The van der Waals surface area contributed by atoms with Crippen LogP contribution < -0.4 is 10.2 Å². The molecule has 1 aromatic carbocycles. The molecule has 2 rings (SSSR count). The van der Waals surface area contributed by atoms with Gasteiger partial charge in [-0.1, -0.05) is 18.2 Å². The topological polar surface area (TPSA) is 88.6 Å². The molecule has 0 unspecified atom stereocenters. The molecule has 0 bridgehead atoms. The van der Waals surface area contributed by atoms with Crippen LogP contribution in [-0.4, -0.2) is 35.4 Å². The highest BCUT2D eigenvalue weighted by atomic mass is 32.1. The van der Waals surface area contributed by atoms with Crippen molar-refractivity contribution in [2.45, 2.75) is 26.9 Å². The maximum atomic E-state index is 12.0. The van der Waals surface area contributed by atoms with Gasteiger partial charge in [0.1, 0.15) is 0 Å². The van der Waals surface area contributed by atoms with Crippen LogP contribution in [0.15, 0.2) is 41.8 Å². The van der Waals surface area contributed by atoms with E-state index in [2.05, 4.69) is 10.3 Å². The van der Waals surface area contributed by atoms with Gasteiger partial charge in [0.2, 0.25) is 5.91 Å². The van der Waals surface area contributed by atoms with Gasteiger partial charge in [0.15, 0.2) is 11.2 Å². The fraction of sp³-hybridized carbons (Fsp3) is 0.263. The summed E-state index contributed by atoms with van der Waals surface area (Å²) in [6, 6.07) is 9.18. The summed E-state index contributed by atoms with van der Waals surface area (Å²) in [6.45, 7) is 5.21. The van der Waals surface area contributed by atoms with Gasteiger partial charge in [-0.25, -0.2) is 9.78 Å². The highest BCUT2D eigenvalue weighted by Gasteiger charge is 2.18. The average molecular weight is 387 g/mol. The first-order chi connectivity index (χ1) is 12.9. The van der Waals surface area contributed by atoms with Crippen molar-refractivity contribution in [1.82, 2.24) is 10.3 Å². The van der Waals surface area contributed by atoms with E-state index < -0.39 is 12.1 Å². The molecule has 2 aromatic rings. The van der Waals surface area contributed by atoms with Crippen LogP contribution in [0.5, 0.6) is 0 Å². The molecule has 0 radical (unpaired) electrons. The number of amides is 2. The Balaban J connectivity index is 2.06. The number of likely N-dealkylation sites (N-methyl/N-ethyl adjacent to an activating group) is 1. The maximum absolute atomic E-state index is 12.0. The highest BCUT2D eigenvalue weighted by Crippen LogP contribution is 2.28. The summed E-state index contributed by atoms with van der Waals surface area (Å²) in [5, 5.41) is 4.80. The number of esters is 1. The smallest absolute Gasteiger partial charge is 0.331 e. The maximum Gasteiger partial charge on any atom is 0.331 e. The summed E-state index contributed by atoms with van der Waals surface area (Å²) in [5.74, 6) is -1.16. The summed E-state index contributed by atoms with van der Waals surface area (Å²) in [7, 11) is 0. The molecule has 0 aliphatic carbocycles. The second-order valence-electron chi connectivity index (χ2n) is 5.55. The van der Waals surface area contributed by atoms with Crippen molar-refractivity contribution in [3.8, 4) is 0 Å². The largest absolute Gasteiger partial charge is 0.449 e. The second kappa shape index (κ2) is 9.63. The van der Waals surface area contributed by atoms with Crippen molar-refractivity contribution in [2.75, 3.05) is 11.4 Å². The molecule has 1 atom stereocenters. The van der Waals surface area contributed by atoms with E-state index in [0.717, 1.165) is 0 Å².